The van der Waals surface area contributed by atoms with E-state index in [1.54, 1.807) is 0 Å². The third-order valence-corrected chi connectivity index (χ3v) is 10.3. The van der Waals surface area contributed by atoms with Gasteiger partial charge in [-0.25, -0.2) is 0 Å². The molecule has 0 spiro atoms. The van der Waals surface area contributed by atoms with Crippen molar-refractivity contribution in [3.8, 4) is 44.5 Å². The number of hydrogen-bond acceptors (Lipinski definition) is 2. The molecule has 10 rings (SSSR count). The van der Waals surface area contributed by atoms with Crippen molar-refractivity contribution < 1.29 is 0 Å². The van der Waals surface area contributed by atoms with Gasteiger partial charge in [-0.15, -0.1) is 0 Å². The molecule has 9 aromatic rings. The number of fused-ring (bicyclic) bond motifs is 4. The fourth-order valence-corrected chi connectivity index (χ4v) is 7.91. The number of para-hydroxylation sites is 1. The number of nitrogens with one attached hydrogen (secondary N) is 1. The normalized spacial score (nSPS) is 11.6. The van der Waals surface area contributed by atoms with Gasteiger partial charge in [0.25, 0.3) is 0 Å². The van der Waals surface area contributed by atoms with Crippen molar-refractivity contribution in [2.45, 2.75) is 0 Å². The second-order valence-electron chi connectivity index (χ2n) is 13.4. The lowest BCUT2D eigenvalue weighted by Crippen LogP contribution is -2.10. The van der Waals surface area contributed by atoms with Crippen molar-refractivity contribution in [1.82, 2.24) is 0 Å². The zero-order chi connectivity index (χ0) is 34.4. The summed E-state index contributed by atoms with van der Waals surface area (Å²) in [6.45, 7) is 0. The number of hydrogen-bond donors (Lipinski definition) is 1. The Kier molecular flexibility index (Phi) is 7.18. The first kappa shape index (κ1) is 30.0. The standard InChI is InChI=1S/C50H34N2/c1-4-14-34(15-5-1)38-30-39(35-16-6-2-7-17-35)32-42(31-38)52(40-20-8-3-9-21-40)41-28-26-36(27-29-41)46-33-47-44-24-12-18-37-19-13-25-48(49(37)44)51-50(47)45-23-11-10-22-43(45)46/h1-33,51H. The van der Waals surface area contributed by atoms with Gasteiger partial charge in [-0.05, 0) is 104 Å². The van der Waals surface area contributed by atoms with Crippen LogP contribution in [-0.4, -0.2) is 0 Å². The third kappa shape index (κ3) is 5.12. The third-order valence-electron chi connectivity index (χ3n) is 10.3. The molecular weight excluding hydrogens is 629 g/mol. The molecule has 244 valence electrons. The van der Waals surface area contributed by atoms with Crippen LogP contribution in [0.15, 0.2) is 200 Å². The topological polar surface area (TPSA) is 15.3 Å². The summed E-state index contributed by atoms with van der Waals surface area (Å²) >= 11 is 0. The number of nitrogens with zero attached hydrogens (tertiary/aromatic N) is 1. The Balaban J connectivity index is 1.13. The van der Waals surface area contributed by atoms with Gasteiger partial charge in [0.1, 0.15) is 0 Å². The first-order chi connectivity index (χ1) is 25.8. The van der Waals surface area contributed by atoms with Gasteiger partial charge in [0, 0.05) is 39.1 Å². The maximum Gasteiger partial charge on any atom is 0.0544 e. The highest BCUT2D eigenvalue weighted by atomic mass is 15.1. The predicted octanol–water partition coefficient (Wildman–Crippen LogP) is 14.2. The molecule has 0 aliphatic carbocycles. The molecule has 0 fully saturated rings. The van der Waals surface area contributed by atoms with Gasteiger partial charge >= 0.3 is 0 Å². The van der Waals surface area contributed by atoms with Crippen molar-refractivity contribution in [3.05, 3.63) is 200 Å². The molecule has 1 heterocycles. The SMILES string of the molecule is c1ccc(-c2cc(-c3ccccc3)cc(N(c3ccccc3)c3ccc(-c4cc5c(c6ccccc46)Nc4cccc6cccc-5c46)cc3)c2)cc1. The molecule has 1 aliphatic rings. The Morgan fingerprint density at radius 1 is 0.327 bits per heavy atom. The lowest BCUT2D eigenvalue weighted by Gasteiger charge is -2.27. The van der Waals surface area contributed by atoms with Gasteiger partial charge in [0.05, 0.1) is 5.69 Å². The molecule has 0 saturated heterocycles. The van der Waals surface area contributed by atoms with Crippen molar-refractivity contribution in [1.29, 1.82) is 0 Å². The fraction of sp³-hybridized carbons (Fsp3) is 0. The minimum atomic E-state index is 1.10. The van der Waals surface area contributed by atoms with E-state index in [2.05, 4.69) is 210 Å². The molecule has 2 heteroatoms. The molecule has 0 atom stereocenters. The number of anilines is 5. The van der Waals surface area contributed by atoms with E-state index in [1.807, 2.05) is 0 Å². The summed E-state index contributed by atoms with van der Waals surface area (Å²) in [6, 6.07) is 72.4. The molecule has 1 N–H and O–H groups in total. The van der Waals surface area contributed by atoms with E-state index in [0.717, 1.165) is 22.7 Å². The van der Waals surface area contributed by atoms with Crippen LogP contribution in [0.4, 0.5) is 28.4 Å². The van der Waals surface area contributed by atoms with Gasteiger partial charge in [0.15, 0.2) is 0 Å². The van der Waals surface area contributed by atoms with Crippen LogP contribution in [0.3, 0.4) is 0 Å². The van der Waals surface area contributed by atoms with E-state index in [9.17, 15) is 0 Å². The van der Waals surface area contributed by atoms with E-state index in [1.165, 1.54) is 71.7 Å². The second kappa shape index (κ2) is 12.5. The van der Waals surface area contributed by atoms with Crippen molar-refractivity contribution in [2.24, 2.45) is 0 Å². The lowest BCUT2D eigenvalue weighted by atomic mass is 9.86. The molecule has 0 saturated carbocycles. The summed E-state index contributed by atoms with van der Waals surface area (Å²) < 4.78 is 0. The highest BCUT2D eigenvalue weighted by Crippen LogP contribution is 2.49. The highest BCUT2D eigenvalue weighted by molar-refractivity contribution is 6.18. The monoisotopic (exact) mass is 662 g/mol. The van der Waals surface area contributed by atoms with Gasteiger partial charge in [-0.2, -0.15) is 0 Å². The molecule has 2 nitrogen and oxygen atoms in total. The zero-order valence-corrected chi connectivity index (χ0v) is 28.5. The maximum atomic E-state index is 3.81. The Labute approximate surface area is 303 Å². The largest absolute Gasteiger partial charge is 0.354 e. The Bertz CT molecular complexity index is 2670. The van der Waals surface area contributed by atoms with Gasteiger partial charge in [-0.3, -0.25) is 0 Å². The summed E-state index contributed by atoms with van der Waals surface area (Å²) in [5, 5.41) is 8.80. The molecule has 0 amide bonds. The first-order valence-corrected chi connectivity index (χ1v) is 17.8. The van der Waals surface area contributed by atoms with E-state index in [4.69, 9.17) is 0 Å². The Hall–Kier alpha value is -6.90. The number of rotatable bonds is 6. The van der Waals surface area contributed by atoms with Crippen LogP contribution in [0.2, 0.25) is 0 Å². The van der Waals surface area contributed by atoms with Crippen LogP contribution in [0, 0.1) is 0 Å². The van der Waals surface area contributed by atoms with E-state index < -0.39 is 0 Å². The van der Waals surface area contributed by atoms with E-state index >= 15 is 0 Å². The van der Waals surface area contributed by atoms with Crippen LogP contribution in [-0.2, 0) is 0 Å². The van der Waals surface area contributed by atoms with E-state index in [-0.39, 0.29) is 0 Å². The summed E-state index contributed by atoms with van der Waals surface area (Å²) in [5.41, 5.74) is 15.3. The molecule has 0 radical (unpaired) electrons. The molecule has 0 unspecified atom stereocenters. The summed E-state index contributed by atoms with van der Waals surface area (Å²) in [5.74, 6) is 0. The minimum absolute atomic E-state index is 1.10. The van der Waals surface area contributed by atoms with Crippen molar-refractivity contribution in [2.75, 3.05) is 10.2 Å². The minimum Gasteiger partial charge on any atom is -0.354 e. The van der Waals surface area contributed by atoms with Crippen LogP contribution in [0.1, 0.15) is 0 Å². The second-order valence-corrected chi connectivity index (χ2v) is 13.4. The quantitative estimate of drug-likeness (QED) is 0.191. The Morgan fingerprint density at radius 3 is 1.58 bits per heavy atom. The molecule has 0 aromatic heterocycles. The smallest absolute Gasteiger partial charge is 0.0544 e. The average molecular weight is 663 g/mol. The predicted molar refractivity (Wildman–Crippen MR) is 221 cm³/mol. The maximum absolute atomic E-state index is 3.81. The average Bonchev–Trinajstić information content (AvgIpc) is 3.22. The van der Waals surface area contributed by atoms with Crippen LogP contribution in [0.25, 0.3) is 66.1 Å². The molecule has 0 bridgehead atoms. The van der Waals surface area contributed by atoms with E-state index in [0.29, 0.717) is 0 Å². The van der Waals surface area contributed by atoms with Gasteiger partial charge in [-0.1, -0.05) is 146 Å². The van der Waals surface area contributed by atoms with Crippen molar-refractivity contribution >= 4 is 50.0 Å². The Morgan fingerprint density at radius 2 is 0.904 bits per heavy atom. The summed E-state index contributed by atoms with van der Waals surface area (Å²) in [4.78, 5) is 2.37. The lowest BCUT2D eigenvalue weighted by molar-refractivity contribution is 1.28. The molecule has 9 aromatic carbocycles. The van der Waals surface area contributed by atoms with Gasteiger partial charge in [0.2, 0.25) is 0 Å². The number of benzene rings is 9. The zero-order valence-electron chi connectivity index (χ0n) is 28.5. The van der Waals surface area contributed by atoms with Gasteiger partial charge < -0.3 is 10.2 Å². The summed E-state index contributed by atoms with van der Waals surface area (Å²) in [6.07, 6.45) is 0. The van der Waals surface area contributed by atoms with Crippen LogP contribution >= 0.6 is 0 Å². The molecule has 1 aliphatic heterocycles. The summed E-state index contributed by atoms with van der Waals surface area (Å²) in [7, 11) is 0. The van der Waals surface area contributed by atoms with Crippen molar-refractivity contribution in [3.63, 3.8) is 0 Å². The molecular formula is C50H34N2. The van der Waals surface area contributed by atoms with Crippen LogP contribution < -0.4 is 10.2 Å². The molecule has 52 heavy (non-hydrogen) atoms. The van der Waals surface area contributed by atoms with Crippen LogP contribution in [0.5, 0.6) is 0 Å². The fourth-order valence-electron chi connectivity index (χ4n) is 7.91. The first-order valence-electron chi connectivity index (χ1n) is 17.8. The highest BCUT2D eigenvalue weighted by Gasteiger charge is 2.22.